The van der Waals surface area contributed by atoms with Gasteiger partial charge in [-0.15, -0.1) is 11.8 Å². The first-order chi connectivity index (χ1) is 6.89. The first kappa shape index (κ1) is 12.1. The lowest BCUT2D eigenvalue weighted by Gasteiger charge is -2.07. The van der Waals surface area contributed by atoms with Crippen molar-refractivity contribution in [1.82, 2.24) is 0 Å². The zero-order valence-corrected chi connectivity index (χ0v) is 8.88. The van der Waals surface area contributed by atoms with E-state index in [9.17, 15) is 13.2 Å². The average Bonchev–Trinajstić information content (AvgIpc) is 2.14. The zero-order valence-electron chi connectivity index (χ0n) is 8.06. The van der Waals surface area contributed by atoms with Crippen molar-refractivity contribution in [2.24, 2.45) is 0 Å². The molecule has 1 rings (SSSR count). The Morgan fingerprint density at radius 1 is 1.27 bits per heavy atom. The van der Waals surface area contributed by atoms with Gasteiger partial charge in [-0.05, 0) is 24.6 Å². The Hall–Kier alpha value is -0.970. The molecule has 0 spiro atoms. The van der Waals surface area contributed by atoms with Crippen molar-refractivity contribution in [3.63, 3.8) is 0 Å². The van der Waals surface area contributed by atoms with Crippen LogP contribution in [0.1, 0.15) is 18.1 Å². The predicted octanol–water partition coefficient (Wildman–Crippen LogP) is 3.94. The van der Waals surface area contributed by atoms with Gasteiger partial charge in [-0.2, -0.15) is 13.2 Å². The van der Waals surface area contributed by atoms with E-state index < -0.39 is 11.7 Å². The second-order valence-corrected chi connectivity index (χ2v) is 4.23. The molecule has 15 heavy (non-hydrogen) atoms. The highest BCUT2D eigenvalue weighted by Gasteiger charge is 2.29. The lowest BCUT2D eigenvalue weighted by Crippen LogP contribution is -2.04. The summed E-state index contributed by atoms with van der Waals surface area (Å²) in [7, 11) is 0. The summed E-state index contributed by atoms with van der Waals surface area (Å²) in [6.07, 6.45) is -4.27. The van der Waals surface area contributed by atoms with Crippen LogP contribution in [0.4, 0.5) is 13.2 Å². The van der Waals surface area contributed by atoms with E-state index in [4.69, 9.17) is 5.41 Å². The molecule has 0 atom stereocenters. The molecule has 0 bridgehead atoms. The normalized spacial score (nSPS) is 11.5. The fourth-order valence-electron chi connectivity index (χ4n) is 0.982. The van der Waals surface area contributed by atoms with Gasteiger partial charge in [0, 0.05) is 5.75 Å². The summed E-state index contributed by atoms with van der Waals surface area (Å²) in [4.78, 5) is 0. The van der Waals surface area contributed by atoms with Crippen LogP contribution in [0, 0.1) is 5.41 Å². The Bertz CT molecular complexity index is 343. The van der Waals surface area contributed by atoms with Crippen molar-refractivity contribution < 1.29 is 13.2 Å². The summed E-state index contributed by atoms with van der Waals surface area (Å²) in [5.74, 6) is 0.535. The van der Waals surface area contributed by atoms with E-state index in [1.165, 1.54) is 23.9 Å². The molecule has 0 aliphatic carbocycles. The highest BCUT2D eigenvalue weighted by Crippen LogP contribution is 2.29. The second kappa shape index (κ2) is 4.70. The molecular formula is C10H10F3NS. The summed E-state index contributed by atoms with van der Waals surface area (Å²) >= 11 is 1.30. The molecule has 5 heteroatoms. The van der Waals surface area contributed by atoms with Crippen molar-refractivity contribution in [1.29, 1.82) is 5.41 Å². The monoisotopic (exact) mass is 233 g/mol. The van der Waals surface area contributed by atoms with Gasteiger partial charge in [0.05, 0.1) is 10.6 Å². The van der Waals surface area contributed by atoms with Crippen molar-refractivity contribution >= 4 is 16.8 Å². The summed E-state index contributed by atoms with van der Waals surface area (Å²) < 4.78 is 36.6. The molecule has 1 N–H and O–H groups in total. The van der Waals surface area contributed by atoms with E-state index in [2.05, 4.69) is 0 Å². The first-order valence-corrected chi connectivity index (χ1v) is 5.22. The first-order valence-electron chi connectivity index (χ1n) is 4.23. The summed E-state index contributed by atoms with van der Waals surface area (Å²) in [6, 6.07) is 5.02. The van der Waals surface area contributed by atoms with Crippen LogP contribution in [0.3, 0.4) is 0 Å². The SMILES string of the molecule is CC(=N)SCc1ccc(C(F)(F)F)cc1. The molecule has 1 aromatic rings. The minimum absolute atomic E-state index is 0.454. The van der Waals surface area contributed by atoms with Crippen molar-refractivity contribution in [2.45, 2.75) is 18.9 Å². The Kier molecular flexibility index (Phi) is 3.79. The minimum atomic E-state index is -4.27. The number of hydrogen-bond donors (Lipinski definition) is 1. The van der Waals surface area contributed by atoms with Crippen LogP contribution in [0.15, 0.2) is 24.3 Å². The average molecular weight is 233 g/mol. The predicted molar refractivity (Wildman–Crippen MR) is 56.1 cm³/mol. The lowest BCUT2D eigenvalue weighted by atomic mass is 10.1. The van der Waals surface area contributed by atoms with Gasteiger partial charge in [0.15, 0.2) is 0 Å². The van der Waals surface area contributed by atoms with Crippen LogP contribution in [0.25, 0.3) is 0 Å². The van der Waals surface area contributed by atoms with E-state index in [0.29, 0.717) is 10.8 Å². The van der Waals surface area contributed by atoms with E-state index in [1.54, 1.807) is 6.92 Å². The Morgan fingerprint density at radius 2 is 1.80 bits per heavy atom. The van der Waals surface area contributed by atoms with Crippen LogP contribution in [-0.2, 0) is 11.9 Å². The number of halogens is 3. The molecule has 0 fully saturated rings. The van der Waals surface area contributed by atoms with Gasteiger partial charge in [0.2, 0.25) is 0 Å². The molecule has 0 heterocycles. The van der Waals surface area contributed by atoms with Gasteiger partial charge in [0.1, 0.15) is 0 Å². The fraction of sp³-hybridized carbons (Fsp3) is 0.300. The molecule has 1 nitrogen and oxygen atoms in total. The van der Waals surface area contributed by atoms with Crippen molar-refractivity contribution in [2.75, 3.05) is 0 Å². The highest BCUT2D eigenvalue weighted by atomic mass is 32.2. The standard InChI is InChI=1S/C10H10F3NS/c1-7(14)15-6-8-2-4-9(5-3-8)10(11,12)13/h2-5,14H,6H2,1H3. The van der Waals surface area contributed by atoms with Gasteiger partial charge in [-0.3, -0.25) is 5.41 Å². The molecule has 0 aromatic heterocycles. The molecule has 0 unspecified atom stereocenters. The van der Waals surface area contributed by atoms with Crippen LogP contribution in [-0.4, -0.2) is 5.04 Å². The quantitative estimate of drug-likeness (QED) is 0.607. The topological polar surface area (TPSA) is 23.9 Å². The molecule has 0 aliphatic rings. The zero-order chi connectivity index (χ0) is 11.5. The van der Waals surface area contributed by atoms with Crippen LogP contribution >= 0.6 is 11.8 Å². The molecule has 0 amide bonds. The molecule has 0 aliphatic heterocycles. The molecule has 1 aromatic carbocycles. The van der Waals surface area contributed by atoms with E-state index >= 15 is 0 Å². The number of hydrogen-bond acceptors (Lipinski definition) is 2. The van der Waals surface area contributed by atoms with Gasteiger partial charge in [-0.1, -0.05) is 12.1 Å². The van der Waals surface area contributed by atoms with Crippen LogP contribution < -0.4 is 0 Å². The van der Waals surface area contributed by atoms with Gasteiger partial charge in [0.25, 0.3) is 0 Å². The van der Waals surface area contributed by atoms with Crippen LogP contribution in [0.2, 0.25) is 0 Å². The Morgan fingerprint density at radius 3 is 2.20 bits per heavy atom. The number of rotatable bonds is 2. The highest BCUT2D eigenvalue weighted by molar-refractivity contribution is 8.13. The Labute approximate surface area is 90.2 Å². The summed E-state index contributed by atoms with van der Waals surface area (Å²) in [5, 5.41) is 7.62. The third kappa shape index (κ3) is 3.95. The fourth-order valence-corrected chi connectivity index (χ4v) is 1.56. The maximum Gasteiger partial charge on any atom is 0.416 e. The van der Waals surface area contributed by atoms with E-state index in [1.807, 2.05) is 0 Å². The third-order valence-corrected chi connectivity index (χ3v) is 2.65. The second-order valence-electron chi connectivity index (χ2n) is 3.04. The summed E-state index contributed by atoms with van der Waals surface area (Å²) in [6.45, 7) is 1.65. The maximum atomic E-state index is 12.2. The smallest absolute Gasteiger partial charge is 0.299 e. The van der Waals surface area contributed by atoms with Crippen molar-refractivity contribution in [3.8, 4) is 0 Å². The molecule has 0 radical (unpaired) electrons. The molecular weight excluding hydrogens is 223 g/mol. The van der Waals surface area contributed by atoms with Gasteiger partial charge < -0.3 is 0 Å². The Balaban J connectivity index is 2.69. The number of nitrogens with one attached hydrogen (secondary N) is 1. The number of benzene rings is 1. The minimum Gasteiger partial charge on any atom is -0.299 e. The van der Waals surface area contributed by atoms with Gasteiger partial charge >= 0.3 is 6.18 Å². The molecule has 82 valence electrons. The number of thioether (sulfide) groups is 1. The number of alkyl halides is 3. The van der Waals surface area contributed by atoms with E-state index in [-0.39, 0.29) is 0 Å². The largest absolute Gasteiger partial charge is 0.416 e. The lowest BCUT2D eigenvalue weighted by molar-refractivity contribution is -0.137. The van der Waals surface area contributed by atoms with Gasteiger partial charge in [-0.25, -0.2) is 0 Å². The maximum absolute atomic E-state index is 12.2. The molecule has 0 saturated carbocycles. The third-order valence-electron chi connectivity index (χ3n) is 1.74. The van der Waals surface area contributed by atoms with Crippen LogP contribution in [0.5, 0.6) is 0 Å². The van der Waals surface area contributed by atoms with E-state index in [0.717, 1.165) is 17.7 Å². The van der Waals surface area contributed by atoms with Crippen molar-refractivity contribution in [3.05, 3.63) is 35.4 Å². The summed E-state index contributed by atoms with van der Waals surface area (Å²) in [5.41, 5.74) is 0.155. The molecule has 0 saturated heterocycles.